The Bertz CT molecular complexity index is 421. The summed E-state index contributed by atoms with van der Waals surface area (Å²) in [6.07, 6.45) is 2.37. The summed E-state index contributed by atoms with van der Waals surface area (Å²) < 4.78 is 5.00. The molecule has 0 amide bonds. The highest BCUT2D eigenvalue weighted by molar-refractivity contribution is 5.91. The van der Waals surface area contributed by atoms with Crippen LogP contribution in [0.25, 0.3) is 0 Å². The van der Waals surface area contributed by atoms with Gasteiger partial charge in [-0.3, -0.25) is 0 Å². The Hall–Kier alpha value is -2.10. The van der Waals surface area contributed by atoms with Gasteiger partial charge in [-0.25, -0.2) is 9.59 Å². The molecular formula is C12H12O4. The highest BCUT2D eigenvalue weighted by atomic mass is 16.5. The average molecular weight is 220 g/mol. The van der Waals surface area contributed by atoms with E-state index in [2.05, 4.69) is 0 Å². The normalized spacial score (nSPS) is 10.3. The number of aliphatic carboxylic acids is 1. The Morgan fingerprint density at radius 1 is 1.31 bits per heavy atom. The highest BCUT2D eigenvalue weighted by Crippen LogP contribution is 2.18. The van der Waals surface area contributed by atoms with Gasteiger partial charge in [-0.1, -0.05) is 25.1 Å². The number of hydrogen-bond donors (Lipinski definition) is 1. The number of para-hydroxylation sites is 1. The minimum atomic E-state index is -1.18. The standard InChI is InChI=1S/C12H12O4/c1-2-9-5-3-4-6-10(9)16-12(15)8-7-11(13)14/h3-8H,2H2,1H3,(H,13,14)/b8-7+. The molecule has 0 spiro atoms. The average Bonchev–Trinajstić information content (AvgIpc) is 2.27. The number of esters is 1. The first-order valence-electron chi connectivity index (χ1n) is 4.84. The zero-order valence-electron chi connectivity index (χ0n) is 8.84. The van der Waals surface area contributed by atoms with Crippen molar-refractivity contribution < 1.29 is 19.4 Å². The number of carboxylic acids is 1. The number of carbonyl (C=O) groups is 2. The maximum absolute atomic E-state index is 11.2. The van der Waals surface area contributed by atoms with Crippen molar-refractivity contribution in [3.05, 3.63) is 42.0 Å². The van der Waals surface area contributed by atoms with E-state index in [1.807, 2.05) is 19.1 Å². The lowest BCUT2D eigenvalue weighted by molar-refractivity contribution is -0.133. The van der Waals surface area contributed by atoms with E-state index >= 15 is 0 Å². The van der Waals surface area contributed by atoms with E-state index < -0.39 is 11.9 Å². The van der Waals surface area contributed by atoms with E-state index in [0.717, 1.165) is 24.1 Å². The molecule has 0 heterocycles. The highest BCUT2D eigenvalue weighted by Gasteiger charge is 2.05. The van der Waals surface area contributed by atoms with Crippen LogP contribution in [-0.2, 0) is 16.0 Å². The van der Waals surface area contributed by atoms with E-state index in [0.29, 0.717) is 5.75 Å². The summed E-state index contributed by atoms with van der Waals surface area (Å²) in [5.74, 6) is -1.41. The molecule has 16 heavy (non-hydrogen) atoms. The Morgan fingerprint density at radius 3 is 2.62 bits per heavy atom. The van der Waals surface area contributed by atoms with Crippen molar-refractivity contribution in [3.63, 3.8) is 0 Å². The number of carbonyl (C=O) groups excluding carboxylic acids is 1. The van der Waals surface area contributed by atoms with Crippen LogP contribution in [0.15, 0.2) is 36.4 Å². The number of aryl methyl sites for hydroxylation is 1. The first kappa shape index (κ1) is 12.0. The van der Waals surface area contributed by atoms with E-state index in [-0.39, 0.29) is 0 Å². The van der Waals surface area contributed by atoms with Gasteiger partial charge in [0.15, 0.2) is 0 Å². The molecule has 4 heteroatoms. The van der Waals surface area contributed by atoms with Gasteiger partial charge in [0.1, 0.15) is 5.75 Å². The summed E-state index contributed by atoms with van der Waals surface area (Å²) in [5, 5.41) is 8.33. The fourth-order valence-electron chi connectivity index (χ4n) is 1.18. The minimum Gasteiger partial charge on any atom is -0.478 e. The lowest BCUT2D eigenvalue weighted by Crippen LogP contribution is -2.06. The summed E-state index contributed by atoms with van der Waals surface area (Å²) in [6, 6.07) is 7.13. The van der Waals surface area contributed by atoms with Gasteiger partial charge in [0.2, 0.25) is 0 Å². The molecule has 1 rings (SSSR count). The largest absolute Gasteiger partial charge is 0.478 e. The van der Waals surface area contributed by atoms with Crippen LogP contribution in [0.5, 0.6) is 5.75 Å². The summed E-state index contributed by atoms with van der Waals surface area (Å²) in [5.41, 5.74) is 0.902. The van der Waals surface area contributed by atoms with Crippen LogP contribution in [0.2, 0.25) is 0 Å². The van der Waals surface area contributed by atoms with Crippen LogP contribution in [0.1, 0.15) is 12.5 Å². The lowest BCUT2D eigenvalue weighted by atomic mass is 10.1. The van der Waals surface area contributed by atoms with Crippen LogP contribution < -0.4 is 4.74 Å². The molecule has 0 atom stereocenters. The molecule has 84 valence electrons. The van der Waals surface area contributed by atoms with Gasteiger partial charge in [-0.15, -0.1) is 0 Å². The monoisotopic (exact) mass is 220 g/mol. The third-order valence-corrected chi connectivity index (χ3v) is 1.93. The molecule has 0 aliphatic heterocycles. The molecule has 1 aromatic carbocycles. The molecule has 0 aliphatic rings. The summed E-state index contributed by atoms with van der Waals surface area (Å²) in [4.78, 5) is 21.4. The second kappa shape index (κ2) is 5.70. The lowest BCUT2D eigenvalue weighted by Gasteiger charge is -2.05. The SMILES string of the molecule is CCc1ccccc1OC(=O)/C=C/C(=O)O. The van der Waals surface area contributed by atoms with Gasteiger partial charge in [-0.05, 0) is 18.1 Å². The van der Waals surface area contributed by atoms with Crippen molar-refractivity contribution in [1.82, 2.24) is 0 Å². The van der Waals surface area contributed by atoms with Crippen molar-refractivity contribution in [1.29, 1.82) is 0 Å². The minimum absolute atomic E-state index is 0.463. The maximum Gasteiger partial charge on any atom is 0.336 e. The number of carboxylic acid groups (broad SMARTS) is 1. The Labute approximate surface area is 93.2 Å². The van der Waals surface area contributed by atoms with Gasteiger partial charge in [0, 0.05) is 12.2 Å². The van der Waals surface area contributed by atoms with Crippen molar-refractivity contribution in [3.8, 4) is 5.75 Å². The maximum atomic E-state index is 11.2. The predicted molar refractivity (Wildman–Crippen MR) is 58.2 cm³/mol. The number of hydrogen-bond acceptors (Lipinski definition) is 3. The van der Waals surface area contributed by atoms with Gasteiger partial charge in [-0.2, -0.15) is 0 Å². The second-order valence-corrected chi connectivity index (χ2v) is 3.05. The molecule has 0 aliphatic carbocycles. The molecule has 0 fully saturated rings. The van der Waals surface area contributed by atoms with Gasteiger partial charge < -0.3 is 9.84 Å². The third-order valence-electron chi connectivity index (χ3n) is 1.93. The van der Waals surface area contributed by atoms with E-state index in [9.17, 15) is 9.59 Å². The van der Waals surface area contributed by atoms with Gasteiger partial charge in [0.25, 0.3) is 0 Å². The first-order chi connectivity index (χ1) is 7.63. The Kier molecular flexibility index (Phi) is 4.27. The fraction of sp³-hybridized carbons (Fsp3) is 0.167. The van der Waals surface area contributed by atoms with E-state index in [1.54, 1.807) is 12.1 Å². The topological polar surface area (TPSA) is 63.6 Å². The van der Waals surface area contributed by atoms with Crippen molar-refractivity contribution in [2.75, 3.05) is 0 Å². The molecule has 1 aromatic rings. The summed E-state index contributed by atoms with van der Waals surface area (Å²) in [7, 11) is 0. The van der Waals surface area contributed by atoms with Crippen LogP contribution in [-0.4, -0.2) is 17.0 Å². The zero-order valence-corrected chi connectivity index (χ0v) is 8.84. The zero-order chi connectivity index (χ0) is 12.0. The fourth-order valence-corrected chi connectivity index (χ4v) is 1.18. The number of rotatable bonds is 4. The van der Waals surface area contributed by atoms with Crippen molar-refractivity contribution in [2.45, 2.75) is 13.3 Å². The molecule has 4 nitrogen and oxygen atoms in total. The summed E-state index contributed by atoms with van der Waals surface area (Å²) in [6.45, 7) is 1.94. The third kappa shape index (κ3) is 3.57. The van der Waals surface area contributed by atoms with Crippen molar-refractivity contribution in [2.24, 2.45) is 0 Å². The molecule has 0 unspecified atom stereocenters. The van der Waals surface area contributed by atoms with E-state index in [4.69, 9.17) is 9.84 Å². The molecule has 0 aromatic heterocycles. The van der Waals surface area contributed by atoms with E-state index in [1.165, 1.54) is 0 Å². The molecule has 0 saturated carbocycles. The van der Waals surface area contributed by atoms with Crippen molar-refractivity contribution >= 4 is 11.9 Å². The summed E-state index contributed by atoms with van der Waals surface area (Å²) >= 11 is 0. The van der Waals surface area contributed by atoms with Crippen LogP contribution in [0.3, 0.4) is 0 Å². The molecule has 0 radical (unpaired) electrons. The molecule has 1 N–H and O–H groups in total. The van der Waals surface area contributed by atoms with Gasteiger partial charge in [0.05, 0.1) is 0 Å². The Balaban J connectivity index is 2.73. The molecule has 0 saturated heterocycles. The van der Waals surface area contributed by atoms with Gasteiger partial charge >= 0.3 is 11.9 Å². The van der Waals surface area contributed by atoms with Crippen LogP contribution in [0.4, 0.5) is 0 Å². The predicted octanol–water partition coefficient (Wildman–Crippen LogP) is 1.80. The quantitative estimate of drug-likeness (QED) is 0.477. The first-order valence-corrected chi connectivity index (χ1v) is 4.84. The van der Waals surface area contributed by atoms with Crippen LogP contribution in [0, 0.1) is 0 Å². The number of ether oxygens (including phenoxy) is 1. The molecule has 0 bridgehead atoms. The van der Waals surface area contributed by atoms with Crippen LogP contribution >= 0.6 is 0 Å². The second-order valence-electron chi connectivity index (χ2n) is 3.05. The Morgan fingerprint density at radius 2 is 2.00 bits per heavy atom. The molecular weight excluding hydrogens is 208 g/mol. The smallest absolute Gasteiger partial charge is 0.336 e. The number of benzene rings is 1.